The first-order valence-electron chi connectivity index (χ1n) is 10.4. The standard InChI is InChI=1S/C24H22ClF3N2O2S/c25-20-4-1-3-19(13-20)18-9-7-17(8-10-18)15-30-12-11-21(16-30)29-33(31)23-6-2-5-22(14-23)32-24(26,27)28/h1-10,13-14,21,29H,11-12,15-16H2. The van der Waals surface area contributed by atoms with Gasteiger partial charge in [0.1, 0.15) is 16.7 Å². The average Bonchev–Trinajstić information content (AvgIpc) is 3.20. The van der Waals surface area contributed by atoms with Gasteiger partial charge in [0, 0.05) is 30.7 Å². The quantitative estimate of drug-likeness (QED) is 0.452. The van der Waals surface area contributed by atoms with Crippen molar-refractivity contribution >= 4 is 22.6 Å². The molecular weight excluding hydrogens is 473 g/mol. The lowest BCUT2D eigenvalue weighted by atomic mass is 10.0. The van der Waals surface area contributed by atoms with Crippen LogP contribution in [0.5, 0.6) is 5.75 Å². The van der Waals surface area contributed by atoms with Crippen LogP contribution in [0.1, 0.15) is 12.0 Å². The smallest absolute Gasteiger partial charge is 0.406 e. The number of nitrogens with zero attached hydrogens (tertiary/aromatic N) is 1. The first-order chi connectivity index (χ1) is 15.7. The van der Waals surface area contributed by atoms with Crippen LogP contribution in [0.4, 0.5) is 13.2 Å². The molecular formula is C24H22ClF3N2O2S. The van der Waals surface area contributed by atoms with Crippen LogP contribution in [0.2, 0.25) is 5.02 Å². The Labute approximate surface area is 197 Å². The largest absolute Gasteiger partial charge is 0.573 e. The second-order valence-corrected chi connectivity index (χ2v) is 9.52. The Balaban J connectivity index is 1.31. The van der Waals surface area contributed by atoms with Gasteiger partial charge in [-0.25, -0.2) is 8.93 Å². The zero-order chi connectivity index (χ0) is 23.4. The molecule has 1 N–H and O–H groups in total. The number of ether oxygens (including phenoxy) is 1. The fraction of sp³-hybridized carbons (Fsp3) is 0.250. The first-order valence-corrected chi connectivity index (χ1v) is 11.9. The molecule has 33 heavy (non-hydrogen) atoms. The molecule has 0 aliphatic carbocycles. The summed E-state index contributed by atoms with van der Waals surface area (Å²) in [6.07, 6.45) is -3.99. The van der Waals surface area contributed by atoms with Gasteiger partial charge in [-0.2, -0.15) is 0 Å². The summed E-state index contributed by atoms with van der Waals surface area (Å²) in [7, 11) is -1.63. The van der Waals surface area contributed by atoms with Crippen molar-refractivity contribution in [1.82, 2.24) is 9.62 Å². The van der Waals surface area contributed by atoms with Crippen molar-refractivity contribution in [2.45, 2.75) is 30.3 Å². The predicted molar refractivity (Wildman–Crippen MR) is 123 cm³/mol. The van der Waals surface area contributed by atoms with E-state index in [-0.39, 0.29) is 16.7 Å². The number of likely N-dealkylation sites (tertiary alicyclic amines) is 1. The molecule has 0 spiro atoms. The van der Waals surface area contributed by atoms with Crippen molar-refractivity contribution in [1.29, 1.82) is 0 Å². The second-order valence-electron chi connectivity index (χ2n) is 7.84. The summed E-state index contributed by atoms with van der Waals surface area (Å²) < 4.78 is 56.8. The lowest BCUT2D eigenvalue weighted by Crippen LogP contribution is -2.33. The third kappa shape index (κ3) is 6.80. The molecule has 0 radical (unpaired) electrons. The number of benzene rings is 3. The zero-order valence-electron chi connectivity index (χ0n) is 17.5. The molecule has 2 atom stereocenters. The van der Waals surface area contributed by atoms with E-state index in [2.05, 4.69) is 38.6 Å². The van der Waals surface area contributed by atoms with Gasteiger partial charge in [-0.05, 0) is 53.4 Å². The molecule has 1 fully saturated rings. The van der Waals surface area contributed by atoms with Gasteiger partial charge in [0.2, 0.25) is 0 Å². The molecule has 1 saturated heterocycles. The maximum absolute atomic E-state index is 12.6. The molecule has 4 nitrogen and oxygen atoms in total. The van der Waals surface area contributed by atoms with E-state index >= 15 is 0 Å². The van der Waals surface area contributed by atoms with Gasteiger partial charge in [-0.15, -0.1) is 13.2 Å². The van der Waals surface area contributed by atoms with E-state index in [1.54, 1.807) is 0 Å². The minimum absolute atomic E-state index is 0.0243. The van der Waals surface area contributed by atoms with Crippen LogP contribution in [-0.4, -0.2) is 34.6 Å². The van der Waals surface area contributed by atoms with Crippen molar-refractivity contribution in [3.63, 3.8) is 0 Å². The maximum Gasteiger partial charge on any atom is 0.573 e. The van der Waals surface area contributed by atoms with E-state index in [4.69, 9.17) is 11.6 Å². The summed E-state index contributed by atoms with van der Waals surface area (Å²) in [4.78, 5) is 2.50. The van der Waals surface area contributed by atoms with Crippen molar-refractivity contribution in [3.05, 3.63) is 83.4 Å². The summed E-state index contributed by atoms with van der Waals surface area (Å²) in [5, 5.41) is 0.698. The highest BCUT2D eigenvalue weighted by Crippen LogP contribution is 2.26. The summed E-state index contributed by atoms with van der Waals surface area (Å²) in [5.41, 5.74) is 3.32. The molecule has 0 bridgehead atoms. The van der Waals surface area contributed by atoms with Gasteiger partial charge in [-0.1, -0.05) is 54.1 Å². The molecule has 0 amide bonds. The Morgan fingerprint density at radius 1 is 1.03 bits per heavy atom. The van der Waals surface area contributed by atoms with Crippen LogP contribution in [0.15, 0.2) is 77.7 Å². The molecule has 1 aliphatic rings. The molecule has 3 aromatic carbocycles. The van der Waals surface area contributed by atoms with Crippen molar-refractivity contribution in [2.24, 2.45) is 0 Å². The molecule has 0 aromatic heterocycles. The average molecular weight is 495 g/mol. The first kappa shape index (κ1) is 23.8. The van der Waals surface area contributed by atoms with Crippen LogP contribution >= 0.6 is 11.6 Å². The highest BCUT2D eigenvalue weighted by molar-refractivity contribution is 7.83. The summed E-state index contributed by atoms with van der Waals surface area (Å²) >= 11 is 6.08. The van der Waals surface area contributed by atoms with Gasteiger partial charge < -0.3 is 4.74 Å². The molecule has 4 rings (SSSR count). The molecule has 9 heteroatoms. The Bertz CT molecular complexity index is 1130. The van der Waals surface area contributed by atoms with E-state index in [1.807, 2.05) is 24.3 Å². The summed E-state index contributed by atoms with van der Waals surface area (Å²) in [5.74, 6) is -0.385. The number of halogens is 4. The number of alkyl halides is 3. The normalized spacial score (nSPS) is 17.8. The van der Waals surface area contributed by atoms with Crippen LogP contribution in [-0.2, 0) is 17.5 Å². The molecule has 1 aliphatic heterocycles. The number of nitrogens with one attached hydrogen (secondary N) is 1. The number of hydrogen-bond acceptors (Lipinski definition) is 3. The van der Waals surface area contributed by atoms with Gasteiger partial charge in [0.15, 0.2) is 0 Å². The minimum atomic E-state index is -4.79. The van der Waals surface area contributed by atoms with Gasteiger partial charge in [-0.3, -0.25) is 4.90 Å². The van der Waals surface area contributed by atoms with E-state index < -0.39 is 17.3 Å². The van der Waals surface area contributed by atoms with Crippen molar-refractivity contribution in [2.75, 3.05) is 13.1 Å². The maximum atomic E-state index is 12.6. The van der Waals surface area contributed by atoms with Crippen LogP contribution in [0.3, 0.4) is 0 Å². The molecule has 0 saturated carbocycles. The van der Waals surface area contributed by atoms with E-state index in [1.165, 1.54) is 23.8 Å². The van der Waals surface area contributed by atoms with E-state index in [9.17, 15) is 17.4 Å². The Hall–Kier alpha value is -2.39. The zero-order valence-corrected chi connectivity index (χ0v) is 19.1. The fourth-order valence-electron chi connectivity index (χ4n) is 3.81. The molecule has 174 valence electrons. The SMILES string of the molecule is O=S(NC1CCN(Cc2ccc(-c3cccc(Cl)c3)cc2)C1)c1cccc(OC(F)(F)F)c1. The topological polar surface area (TPSA) is 41.6 Å². The summed E-state index contributed by atoms with van der Waals surface area (Å²) in [6.45, 7) is 2.29. The minimum Gasteiger partial charge on any atom is -0.406 e. The highest BCUT2D eigenvalue weighted by Gasteiger charge is 2.31. The monoisotopic (exact) mass is 494 g/mol. The summed E-state index contributed by atoms with van der Waals surface area (Å²) in [6, 6.07) is 21.2. The van der Waals surface area contributed by atoms with Crippen molar-refractivity contribution in [3.8, 4) is 16.9 Å². The molecule has 2 unspecified atom stereocenters. The van der Waals surface area contributed by atoms with Gasteiger partial charge in [0.05, 0.1) is 4.90 Å². The number of rotatable bonds is 7. The number of hydrogen-bond donors (Lipinski definition) is 1. The molecule has 1 heterocycles. The van der Waals surface area contributed by atoms with E-state index in [0.717, 1.165) is 36.7 Å². The third-order valence-corrected chi connectivity index (χ3v) is 6.78. The Morgan fingerprint density at radius 3 is 2.52 bits per heavy atom. The Kier molecular flexibility index (Phi) is 7.38. The Morgan fingerprint density at radius 2 is 1.79 bits per heavy atom. The van der Waals surface area contributed by atoms with Crippen LogP contribution in [0.25, 0.3) is 11.1 Å². The second kappa shape index (κ2) is 10.3. The van der Waals surface area contributed by atoms with Gasteiger partial charge in [0.25, 0.3) is 0 Å². The highest BCUT2D eigenvalue weighted by atomic mass is 35.5. The fourth-order valence-corrected chi connectivity index (χ4v) is 5.05. The predicted octanol–water partition coefficient (Wildman–Crippen LogP) is 5.79. The lowest BCUT2D eigenvalue weighted by molar-refractivity contribution is -0.274. The molecule has 3 aromatic rings. The van der Waals surface area contributed by atoms with Gasteiger partial charge >= 0.3 is 6.36 Å². The van der Waals surface area contributed by atoms with Crippen molar-refractivity contribution < 1.29 is 22.1 Å². The van der Waals surface area contributed by atoms with E-state index in [0.29, 0.717) is 11.6 Å². The third-order valence-electron chi connectivity index (χ3n) is 5.32. The lowest BCUT2D eigenvalue weighted by Gasteiger charge is -2.17. The van der Waals surface area contributed by atoms with Crippen LogP contribution < -0.4 is 9.46 Å². The van der Waals surface area contributed by atoms with Crippen LogP contribution in [0, 0.1) is 0 Å².